The number of hydrogen-bond donors (Lipinski definition) is 2. The van der Waals surface area contributed by atoms with Gasteiger partial charge in [-0.05, 0) is 39.8 Å². The maximum absolute atomic E-state index is 12.7. The zero-order valence-electron chi connectivity index (χ0n) is 15.9. The molecule has 0 saturated carbocycles. The SMILES string of the molecule is CC(NC(=O)OC(C)(C)C)C(=O)NC1c2ccccc2Oc2ccccc21. The van der Waals surface area contributed by atoms with Crippen molar-refractivity contribution < 1.29 is 19.1 Å². The molecule has 1 aliphatic rings. The Kier molecular flexibility index (Phi) is 5.08. The number of rotatable bonds is 3. The van der Waals surface area contributed by atoms with Crippen molar-refractivity contribution in [1.29, 1.82) is 0 Å². The molecule has 1 atom stereocenters. The van der Waals surface area contributed by atoms with E-state index in [1.54, 1.807) is 27.7 Å². The Morgan fingerprint density at radius 3 is 2.04 bits per heavy atom. The number of benzene rings is 2. The number of alkyl carbamates (subject to hydrolysis) is 1. The molecule has 0 aliphatic carbocycles. The first kappa shape index (κ1) is 18.8. The van der Waals surface area contributed by atoms with Crippen LogP contribution in [0.3, 0.4) is 0 Å². The van der Waals surface area contributed by atoms with Crippen LogP contribution in [0.25, 0.3) is 0 Å². The van der Waals surface area contributed by atoms with Crippen LogP contribution in [-0.2, 0) is 9.53 Å². The quantitative estimate of drug-likeness (QED) is 0.861. The van der Waals surface area contributed by atoms with E-state index in [-0.39, 0.29) is 11.9 Å². The van der Waals surface area contributed by atoms with Crippen LogP contribution in [0.2, 0.25) is 0 Å². The summed E-state index contributed by atoms with van der Waals surface area (Å²) in [6, 6.07) is 14.0. The van der Waals surface area contributed by atoms with E-state index >= 15 is 0 Å². The van der Waals surface area contributed by atoms with E-state index < -0.39 is 17.7 Å². The van der Waals surface area contributed by atoms with Crippen molar-refractivity contribution in [2.45, 2.75) is 45.4 Å². The first-order valence-electron chi connectivity index (χ1n) is 8.90. The van der Waals surface area contributed by atoms with Crippen molar-refractivity contribution in [2.75, 3.05) is 0 Å². The van der Waals surface area contributed by atoms with Gasteiger partial charge in [-0.15, -0.1) is 0 Å². The molecule has 0 aromatic heterocycles. The molecule has 6 nitrogen and oxygen atoms in total. The molecule has 0 bridgehead atoms. The fourth-order valence-corrected chi connectivity index (χ4v) is 2.88. The lowest BCUT2D eigenvalue weighted by atomic mass is 9.94. The third-order valence-corrected chi connectivity index (χ3v) is 4.09. The van der Waals surface area contributed by atoms with Crippen LogP contribution >= 0.6 is 0 Å². The largest absolute Gasteiger partial charge is 0.457 e. The second-order valence-electron chi connectivity index (χ2n) is 7.49. The molecule has 2 amide bonds. The topological polar surface area (TPSA) is 76.7 Å². The highest BCUT2D eigenvalue weighted by Gasteiger charge is 2.30. The number of ether oxygens (including phenoxy) is 2. The average Bonchev–Trinajstić information content (AvgIpc) is 2.59. The molecule has 0 fully saturated rings. The third kappa shape index (κ3) is 4.39. The number of para-hydroxylation sites is 2. The molecule has 1 heterocycles. The maximum Gasteiger partial charge on any atom is 0.408 e. The van der Waals surface area contributed by atoms with E-state index in [2.05, 4.69) is 10.6 Å². The molecule has 142 valence electrons. The summed E-state index contributed by atoms with van der Waals surface area (Å²) < 4.78 is 11.1. The third-order valence-electron chi connectivity index (χ3n) is 4.09. The Morgan fingerprint density at radius 1 is 1.00 bits per heavy atom. The van der Waals surface area contributed by atoms with Crippen LogP contribution < -0.4 is 15.4 Å². The summed E-state index contributed by atoms with van der Waals surface area (Å²) in [5.41, 5.74) is 1.11. The van der Waals surface area contributed by atoms with E-state index in [1.807, 2.05) is 48.5 Å². The monoisotopic (exact) mass is 368 g/mol. The smallest absolute Gasteiger partial charge is 0.408 e. The second-order valence-corrected chi connectivity index (χ2v) is 7.49. The van der Waals surface area contributed by atoms with Gasteiger partial charge in [0.1, 0.15) is 23.1 Å². The number of carbonyl (C=O) groups is 2. The van der Waals surface area contributed by atoms with E-state index in [0.29, 0.717) is 11.5 Å². The molecule has 2 aromatic rings. The van der Waals surface area contributed by atoms with Crippen molar-refractivity contribution in [2.24, 2.45) is 0 Å². The Bertz CT molecular complexity index is 812. The van der Waals surface area contributed by atoms with Crippen LogP contribution in [0.4, 0.5) is 4.79 Å². The molecule has 0 radical (unpaired) electrons. The molecule has 1 unspecified atom stereocenters. The molecule has 0 saturated heterocycles. The summed E-state index contributed by atoms with van der Waals surface area (Å²) in [6.45, 7) is 6.93. The first-order valence-corrected chi connectivity index (χ1v) is 8.90. The van der Waals surface area contributed by atoms with Gasteiger partial charge in [0, 0.05) is 11.1 Å². The molecule has 2 aromatic carbocycles. The predicted octanol–water partition coefficient (Wildman–Crippen LogP) is 3.91. The molecule has 2 N–H and O–H groups in total. The van der Waals surface area contributed by atoms with Crippen molar-refractivity contribution in [1.82, 2.24) is 10.6 Å². The van der Waals surface area contributed by atoms with Crippen LogP contribution in [0.15, 0.2) is 48.5 Å². The normalized spacial score (nSPS) is 14.2. The highest BCUT2D eigenvalue weighted by atomic mass is 16.6. The standard InChI is InChI=1S/C21H24N2O4/c1-13(22-20(25)27-21(2,3)4)19(24)23-18-14-9-5-7-11-16(14)26-17-12-8-6-10-15(17)18/h5-13,18H,1-4H3,(H,22,25)(H,23,24). The summed E-state index contributed by atoms with van der Waals surface area (Å²) >= 11 is 0. The minimum atomic E-state index is -0.748. The van der Waals surface area contributed by atoms with Gasteiger partial charge in [0.25, 0.3) is 0 Å². The zero-order valence-corrected chi connectivity index (χ0v) is 15.9. The van der Waals surface area contributed by atoms with E-state index in [9.17, 15) is 9.59 Å². The fourth-order valence-electron chi connectivity index (χ4n) is 2.88. The molecule has 6 heteroatoms. The lowest BCUT2D eigenvalue weighted by Gasteiger charge is -2.30. The summed E-state index contributed by atoms with van der Waals surface area (Å²) in [7, 11) is 0. The zero-order chi connectivity index (χ0) is 19.6. The van der Waals surface area contributed by atoms with Crippen molar-refractivity contribution in [3.63, 3.8) is 0 Å². The van der Waals surface area contributed by atoms with E-state index in [1.165, 1.54) is 0 Å². The average molecular weight is 368 g/mol. The van der Waals surface area contributed by atoms with Gasteiger partial charge in [-0.3, -0.25) is 4.79 Å². The number of fused-ring (bicyclic) bond motifs is 2. The Hall–Kier alpha value is -3.02. The van der Waals surface area contributed by atoms with Crippen molar-refractivity contribution in [3.05, 3.63) is 59.7 Å². The van der Waals surface area contributed by atoms with E-state index in [0.717, 1.165) is 11.1 Å². The summed E-state index contributed by atoms with van der Waals surface area (Å²) in [5.74, 6) is 1.10. The number of nitrogens with one attached hydrogen (secondary N) is 2. The number of hydrogen-bond acceptors (Lipinski definition) is 4. The number of carbonyl (C=O) groups excluding carboxylic acids is 2. The van der Waals surface area contributed by atoms with Gasteiger partial charge < -0.3 is 20.1 Å². The highest BCUT2D eigenvalue weighted by Crippen LogP contribution is 2.42. The van der Waals surface area contributed by atoms with Gasteiger partial charge in [-0.25, -0.2) is 4.79 Å². The lowest BCUT2D eigenvalue weighted by molar-refractivity contribution is -0.123. The van der Waals surface area contributed by atoms with Gasteiger partial charge >= 0.3 is 6.09 Å². The second kappa shape index (κ2) is 7.31. The summed E-state index contributed by atoms with van der Waals surface area (Å²) in [5, 5.41) is 5.58. The molecule has 1 aliphatic heterocycles. The molecule has 3 rings (SSSR count). The van der Waals surface area contributed by atoms with E-state index in [4.69, 9.17) is 9.47 Å². The van der Waals surface area contributed by atoms with Gasteiger partial charge in [-0.1, -0.05) is 36.4 Å². The van der Waals surface area contributed by atoms with Crippen molar-refractivity contribution in [3.8, 4) is 11.5 Å². The highest BCUT2D eigenvalue weighted by molar-refractivity contribution is 5.86. The Morgan fingerprint density at radius 2 is 1.52 bits per heavy atom. The maximum atomic E-state index is 12.7. The van der Waals surface area contributed by atoms with Gasteiger partial charge in [0.2, 0.25) is 5.91 Å². The van der Waals surface area contributed by atoms with Crippen LogP contribution in [0.1, 0.15) is 44.9 Å². The van der Waals surface area contributed by atoms with Gasteiger partial charge in [0.15, 0.2) is 0 Å². The Balaban J connectivity index is 1.77. The summed E-state index contributed by atoms with van der Waals surface area (Å²) in [6.07, 6.45) is -0.627. The van der Waals surface area contributed by atoms with Crippen LogP contribution in [0, 0.1) is 0 Å². The predicted molar refractivity (Wildman–Crippen MR) is 102 cm³/mol. The Labute approximate surface area is 158 Å². The minimum absolute atomic E-state index is 0.308. The molecular formula is C21H24N2O4. The summed E-state index contributed by atoms with van der Waals surface area (Å²) in [4.78, 5) is 24.6. The number of amides is 2. The fraction of sp³-hybridized carbons (Fsp3) is 0.333. The first-order chi connectivity index (χ1) is 12.7. The van der Waals surface area contributed by atoms with Gasteiger partial charge in [0.05, 0.1) is 6.04 Å². The van der Waals surface area contributed by atoms with Crippen LogP contribution in [0.5, 0.6) is 11.5 Å². The minimum Gasteiger partial charge on any atom is -0.457 e. The molecule has 0 spiro atoms. The van der Waals surface area contributed by atoms with Gasteiger partial charge in [-0.2, -0.15) is 0 Å². The lowest BCUT2D eigenvalue weighted by Crippen LogP contribution is -2.47. The molecule has 27 heavy (non-hydrogen) atoms. The van der Waals surface area contributed by atoms with Crippen molar-refractivity contribution >= 4 is 12.0 Å². The van der Waals surface area contributed by atoms with Crippen LogP contribution in [-0.4, -0.2) is 23.6 Å². The molecular weight excluding hydrogens is 344 g/mol.